The van der Waals surface area contributed by atoms with Crippen molar-refractivity contribution in [3.8, 4) is 17.2 Å². The molecule has 3 nitrogen and oxygen atoms in total. The van der Waals surface area contributed by atoms with E-state index < -0.39 is 0 Å². The number of hydrogen-bond acceptors (Lipinski definition) is 3. The van der Waals surface area contributed by atoms with E-state index in [9.17, 15) is 0 Å². The summed E-state index contributed by atoms with van der Waals surface area (Å²) in [5.74, 6) is 2.46. The van der Waals surface area contributed by atoms with Crippen LogP contribution in [0.2, 0.25) is 0 Å². The van der Waals surface area contributed by atoms with Gasteiger partial charge in [0, 0.05) is 12.1 Å². The highest BCUT2D eigenvalue weighted by molar-refractivity contribution is 5.69. The van der Waals surface area contributed by atoms with E-state index in [0.717, 1.165) is 35.7 Å². The molecule has 1 aliphatic rings. The summed E-state index contributed by atoms with van der Waals surface area (Å²) >= 11 is 0. The molecule has 122 valence electrons. The van der Waals surface area contributed by atoms with E-state index in [2.05, 4.69) is 39.8 Å². The zero-order valence-corrected chi connectivity index (χ0v) is 14.6. The van der Waals surface area contributed by atoms with Gasteiger partial charge in [0.2, 0.25) is 0 Å². The van der Waals surface area contributed by atoms with Gasteiger partial charge >= 0.3 is 0 Å². The number of fused-ring (bicyclic) bond motifs is 1. The predicted molar refractivity (Wildman–Crippen MR) is 90.9 cm³/mol. The Balaban J connectivity index is 2.39. The SMILES string of the molecule is CCC(C)Oc1cc(OC(C)CC)c2c(c1)OC(C)(C)C=C2. The summed E-state index contributed by atoms with van der Waals surface area (Å²) in [6.45, 7) is 12.5. The zero-order chi connectivity index (χ0) is 16.3. The molecule has 1 aromatic rings. The highest BCUT2D eigenvalue weighted by atomic mass is 16.5. The maximum absolute atomic E-state index is 6.08. The third-order valence-corrected chi connectivity index (χ3v) is 3.92. The van der Waals surface area contributed by atoms with Crippen LogP contribution in [-0.4, -0.2) is 17.8 Å². The van der Waals surface area contributed by atoms with E-state index in [4.69, 9.17) is 14.2 Å². The monoisotopic (exact) mass is 304 g/mol. The van der Waals surface area contributed by atoms with E-state index in [1.165, 1.54) is 0 Å². The van der Waals surface area contributed by atoms with Gasteiger partial charge in [-0.2, -0.15) is 0 Å². The molecule has 0 saturated heterocycles. The van der Waals surface area contributed by atoms with Gasteiger partial charge in [-0.15, -0.1) is 0 Å². The Hall–Kier alpha value is -1.64. The summed E-state index contributed by atoms with van der Waals surface area (Å²) in [6.07, 6.45) is 6.40. The first-order chi connectivity index (χ1) is 10.3. The molecular weight excluding hydrogens is 276 g/mol. The van der Waals surface area contributed by atoms with Gasteiger partial charge in [0.15, 0.2) is 0 Å². The maximum Gasteiger partial charge on any atom is 0.135 e. The van der Waals surface area contributed by atoms with Crippen LogP contribution in [0.25, 0.3) is 6.08 Å². The fraction of sp³-hybridized carbons (Fsp3) is 0.579. The van der Waals surface area contributed by atoms with Crippen LogP contribution in [0.3, 0.4) is 0 Å². The van der Waals surface area contributed by atoms with Crippen molar-refractivity contribution >= 4 is 6.08 Å². The van der Waals surface area contributed by atoms with Gasteiger partial charge in [-0.3, -0.25) is 0 Å². The fourth-order valence-electron chi connectivity index (χ4n) is 2.21. The average molecular weight is 304 g/mol. The topological polar surface area (TPSA) is 27.7 Å². The Morgan fingerprint density at radius 2 is 1.68 bits per heavy atom. The second-order valence-electron chi connectivity index (χ2n) is 6.55. The Morgan fingerprint density at radius 3 is 2.32 bits per heavy atom. The number of benzene rings is 1. The minimum Gasteiger partial charge on any atom is -0.490 e. The van der Waals surface area contributed by atoms with Crippen molar-refractivity contribution in [1.29, 1.82) is 0 Å². The predicted octanol–water partition coefficient (Wildman–Crippen LogP) is 5.23. The fourth-order valence-corrected chi connectivity index (χ4v) is 2.21. The van der Waals surface area contributed by atoms with Crippen LogP contribution >= 0.6 is 0 Å². The van der Waals surface area contributed by atoms with Crippen molar-refractivity contribution in [1.82, 2.24) is 0 Å². The first-order valence-corrected chi connectivity index (χ1v) is 8.24. The zero-order valence-electron chi connectivity index (χ0n) is 14.6. The van der Waals surface area contributed by atoms with Gasteiger partial charge in [-0.1, -0.05) is 13.8 Å². The molecule has 2 unspecified atom stereocenters. The standard InChI is InChI=1S/C19H28O3/c1-7-13(3)20-15-11-17(21-14(4)8-2)16-9-10-19(5,6)22-18(16)12-15/h9-14H,7-8H2,1-6H3. The molecule has 22 heavy (non-hydrogen) atoms. The second-order valence-corrected chi connectivity index (χ2v) is 6.55. The molecule has 0 N–H and O–H groups in total. The molecule has 0 spiro atoms. The van der Waals surface area contributed by atoms with Gasteiger partial charge in [0.25, 0.3) is 0 Å². The van der Waals surface area contributed by atoms with E-state index in [1.807, 2.05) is 26.0 Å². The Morgan fingerprint density at radius 1 is 1.05 bits per heavy atom. The molecule has 1 heterocycles. The first kappa shape index (κ1) is 16.7. The molecule has 2 atom stereocenters. The summed E-state index contributed by atoms with van der Waals surface area (Å²) in [7, 11) is 0. The van der Waals surface area contributed by atoms with Gasteiger partial charge in [-0.25, -0.2) is 0 Å². The summed E-state index contributed by atoms with van der Waals surface area (Å²) in [5.41, 5.74) is 0.687. The van der Waals surface area contributed by atoms with Gasteiger partial charge in [-0.05, 0) is 52.7 Å². The number of hydrogen-bond donors (Lipinski definition) is 0. The molecule has 0 saturated carbocycles. The van der Waals surface area contributed by atoms with Crippen molar-refractivity contribution in [3.63, 3.8) is 0 Å². The van der Waals surface area contributed by atoms with Crippen molar-refractivity contribution in [2.24, 2.45) is 0 Å². The normalized spacial score (nSPS) is 18.1. The van der Waals surface area contributed by atoms with Crippen LogP contribution in [0.1, 0.15) is 59.9 Å². The Kier molecular flexibility index (Phi) is 5.05. The molecule has 3 heteroatoms. The molecule has 0 bridgehead atoms. The Labute approximate surface area is 134 Å². The van der Waals surface area contributed by atoms with Crippen LogP contribution in [0.5, 0.6) is 17.2 Å². The lowest BCUT2D eigenvalue weighted by atomic mass is 10.0. The van der Waals surface area contributed by atoms with Gasteiger partial charge in [0.1, 0.15) is 22.8 Å². The summed E-state index contributed by atoms with van der Waals surface area (Å²) in [5, 5.41) is 0. The molecule has 0 aromatic heterocycles. The summed E-state index contributed by atoms with van der Waals surface area (Å²) in [6, 6.07) is 3.94. The minimum absolute atomic E-state index is 0.159. The lowest BCUT2D eigenvalue weighted by molar-refractivity contribution is 0.153. The molecule has 0 aliphatic carbocycles. The molecule has 1 aromatic carbocycles. The van der Waals surface area contributed by atoms with E-state index >= 15 is 0 Å². The van der Waals surface area contributed by atoms with Crippen molar-refractivity contribution in [3.05, 3.63) is 23.8 Å². The molecule has 2 rings (SSSR count). The average Bonchev–Trinajstić information content (AvgIpc) is 2.45. The molecule has 1 aliphatic heterocycles. The third kappa shape index (κ3) is 3.96. The largest absolute Gasteiger partial charge is 0.490 e. The molecular formula is C19H28O3. The molecule has 0 radical (unpaired) electrons. The number of ether oxygens (including phenoxy) is 3. The highest BCUT2D eigenvalue weighted by Crippen LogP contribution is 2.41. The Bertz CT molecular complexity index is 546. The summed E-state index contributed by atoms with van der Waals surface area (Å²) < 4.78 is 18.1. The molecule has 0 fully saturated rings. The van der Waals surface area contributed by atoms with Gasteiger partial charge < -0.3 is 14.2 Å². The maximum atomic E-state index is 6.08. The van der Waals surface area contributed by atoms with Crippen LogP contribution in [0.15, 0.2) is 18.2 Å². The van der Waals surface area contributed by atoms with E-state index in [0.29, 0.717) is 0 Å². The van der Waals surface area contributed by atoms with Crippen molar-refractivity contribution in [2.45, 2.75) is 72.2 Å². The minimum atomic E-state index is -0.310. The second kappa shape index (κ2) is 6.64. The van der Waals surface area contributed by atoms with Crippen LogP contribution < -0.4 is 14.2 Å². The van der Waals surface area contributed by atoms with Crippen LogP contribution in [0, 0.1) is 0 Å². The van der Waals surface area contributed by atoms with E-state index in [1.54, 1.807) is 0 Å². The lowest BCUT2D eigenvalue weighted by Gasteiger charge is -2.30. The molecule has 0 amide bonds. The number of rotatable bonds is 6. The smallest absolute Gasteiger partial charge is 0.135 e. The van der Waals surface area contributed by atoms with Crippen LogP contribution in [0.4, 0.5) is 0 Å². The summed E-state index contributed by atoms with van der Waals surface area (Å²) in [4.78, 5) is 0. The third-order valence-electron chi connectivity index (χ3n) is 3.92. The van der Waals surface area contributed by atoms with Crippen molar-refractivity contribution in [2.75, 3.05) is 0 Å². The van der Waals surface area contributed by atoms with E-state index in [-0.39, 0.29) is 17.8 Å². The van der Waals surface area contributed by atoms with Crippen molar-refractivity contribution < 1.29 is 14.2 Å². The van der Waals surface area contributed by atoms with Gasteiger partial charge in [0.05, 0.1) is 17.8 Å². The lowest BCUT2D eigenvalue weighted by Crippen LogP contribution is -2.28. The quantitative estimate of drug-likeness (QED) is 0.720. The highest BCUT2D eigenvalue weighted by Gasteiger charge is 2.25. The first-order valence-electron chi connectivity index (χ1n) is 8.24. The van der Waals surface area contributed by atoms with Crippen LogP contribution in [-0.2, 0) is 0 Å².